The van der Waals surface area contributed by atoms with Crippen LogP contribution < -0.4 is 15.0 Å². The zero-order valence-electron chi connectivity index (χ0n) is 10.1. The Morgan fingerprint density at radius 3 is 2.44 bits per heavy atom. The van der Waals surface area contributed by atoms with Gasteiger partial charge in [-0.15, -0.1) is 0 Å². The zero-order valence-corrected chi connectivity index (χ0v) is 10.1. The highest BCUT2D eigenvalue weighted by Gasteiger charge is 2.06. The fourth-order valence-corrected chi connectivity index (χ4v) is 1.54. The Labute approximate surface area is 106 Å². The van der Waals surface area contributed by atoms with Gasteiger partial charge in [-0.25, -0.2) is 4.98 Å². The van der Waals surface area contributed by atoms with Gasteiger partial charge in [0.05, 0.1) is 12.3 Å². The summed E-state index contributed by atoms with van der Waals surface area (Å²) in [5.74, 6) is 0.632. The summed E-state index contributed by atoms with van der Waals surface area (Å²) in [6.45, 7) is 2.54. The van der Waals surface area contributed by atoms with E-state index in [1.165, 1.54) is 0 Å². The Bertz CT molecular complexity index is 509. The molecule has 0 aliphatic heterocycles. The fourth-order valence-electron chi connectivity index (χ4n) is 1.54. The van der Waals surface area contributed by atoms with Crippen molar-refractivity contribution >= 4 is 11.6 Å². The number of carbonyl (C=O) groups excluding carboxylic acids is 1. The Balaban J connectivity index is 2.05. The molecule has 18 heavy (non-hydrogen) atoms. The van der Waals surface area contributed by atoms with E-state index >= 15 is 0 Å². The van der Waals surface area contributed by atoms with Crippen molar-refractivity contribution in [3.8, 4) is 5.75 Å². The maximum absolute atomic E-state index is 11.9. The van der Waals surface area contributed by atoms with Gasteiger partial charge in [-0.3, -0.25) is 4.79 Å². The van der Waals surface area contributed by atoms with E-state index in [9.17, 15) is 4.79 Å². The minimum absolute atomic E-state index is 0.135. The van der Waals surface area contributed by atoms with E-state index in [1.807, 2.05) is 6.92 Å². The van der Waals surface area contributed by atoms with Gasteiger partial charge in [-0.1, -0.05) is 0 Å². The summed E-state index contributed by atoms with van der Waals surface area (Å²) in [6.07, 6.45) is 3.52. The van der Waals surface area contributed by atoms with Gasteiger partial charge in [-0.2, -0.15) is 0 Å². The van der Waals surface area contributed by atoms with Gasteiger partial charge in [-0.05, 0) is 31.2 Å². The van der Waals surface area contributed by atoms with E-state index in [-0.39, 0.29) is 5.91 Å². The maximum Gasteiger partial charge on any atom is 0.255 e. The van der Waals surface area contributed by atoms with Crippen LogP contribution in [0.15, 0.2) is 48.8 Å². The summed E-state index contributed by atoms with van der Waals surface area (Å²) in [6, 6.07) is 10.7. The maximum atomic E-state index is 11.9. The summed E-state index contributed by atoms with van der Waals surface area (Å²) in [4.78, 5) is 14.8. The number of carbonyl (C=O) groups is 1. The normalized spacial score (nSPS) is 9.83. The SMILES string of the molecule is CCOc1ccc(C(=O)Nc2cc[nH+]cc2)cc1. The highest BCUT2D eigenvalue weighted by molar-refractivity contribution is 6.04. The van der Waals surface area contributed by atoms with Gasteiger partial charge >= 0.3 is 0 Å². The average molecular weight is 243 g/mol. The first-order valence-electron chi connectivity index (χ1n) is 5.80. The zero-order chi connectivity index (χ0) is 12.8. The van der Waals surface area contributed by atoms with Crippen LogP contribution in [0, 0.1) is 0 Å². The lowest BCUT2D eigenvalue weighted by molar-refractivity contribution is -0.377. The minimum atomic E-state index is -0.135. The lowest BCUT2D eigenvalue weighted by atomic mass is 10.2. The third kappa shape index (κ3) is 3.07. The first kappa shape index (κ1) is 12.1. The monoisotopic (exact) mass is 243 g/mol. The highest BCUT2D eigenvalue weighted by atomic mass is 16.5. The van der Waals surface area contributed by atoms with Gasteiger partial charge in [0.2, 0.25) is 0 Å². The van der Waals surface area contributed by atoms with Crippen LogP contribution in [-0.2, 0) is 0 Å². The fraction of sp³-hybridized carbons (Fsp3) is 0.143. The van der Waals surface area contributed by atoms with Crippen LogP contribution in [0.4, 0.5) is 5.69 Å². The second-order valence-corrected chi connectivity index (χ2v) is 3.70. The average Bonchev–Trinajstić information content (AvgIpc) is 2.41. The number of aromatic amines is 1. The number of amides is 1. The molecule has 1 aromatic carbocycles. The molecule has 0 saturated heterocycles. The van der Waals surface area contributed by atoms with Crippen molar-refractivity contribution in [3.63, 3.8) is 0 Å². The molecular formula is C14H15N2O2+. The quantitative estimate of drug-likeness (QED) is 0.894. The van der Waals surface area contributed by atoms with Crippen molar-refractivity contribution in [2.45, 2.75) is 6.92 Å². The molecule has 1 aromatic heterocycles. The van der Waals surface area contributed by atoms with Crippen molar-refractivity contribution in [1.82, 2.24) is 0 Å². The van der Waals surface area contributed by atoms with E-state index in [1.54, 1.807) is 48.8 Å². The summed E-state index contributed by atoms with van der Waals surface area (Å²) in [5, 5.41) is 2.81. The van der Waals surface area contributed by atoms with Crippen molar-refractivity contribution < 1.29 is 14.5 Å². The number of H-pyrrole nitrogens is 1. The molecule has 0 unspecified atom stereocenters. The molecule has 0 aliphatic carbocycles. The Morgan fingerprint density at radius 1 is 1.17 bits per heavy atom. The Morgan fingerprint density at radius 2 is 1.83 bits per heavy atom. The van der Waals surface area contributed by atoms with Crippen LogP contribution in [0.3, 0.4) is 0 Å². The first-order chi connectivity index (χ1) is 8.79. The molecule has 0 bridgehead atoms. The van der Waals surface area contributed by atoms with Crippen LogP contribution in [-0.4, -0.2) is 12.5 Å². The van der Waals surface area contributed by atoms with Gasteiger partial charge in [0.15, 0.2) is 12.4 Å². The minimum Gasteiger partial charge on any atom is -0.494 e. The lowest BCUT2D eigenvalue weighted by Crippen LogP contribution is -2.12. The molecule has 0 radical (unpaired) electrons. The van der Waals surface area contributed by atoms with Crippen molar-refractivity contribution in [2.24, 2.45) is 0 Å². The summed E-state index contributed by atoms with van der Waals surface area (Å²) in [5.41, 5.74) is 1.36. The highest BCUT2D eigenvalue weighted by Crippen LogP contribution is 2.13. The third-order valence-electron chi connectivity index (χ3n) is 2.40. The Hall–Kier alpha value is -2.36. The van der Waals surface area contributed by atoms with Crippen LogP contribution >= 0.6 is 0 Å². The molecule has 2 aromatic rings. The molecule has 1 amide bonds. The van der Waals surface area contributed by atoms with Crippen molar-refractivity contribution in [2.75, 3.05) is 11.9 Å². The second-order valence-electron chi connectivity index (χ2n) is 3.70. The van der Waals surface area contributed by atoms with E-state index < -0.39 is 0 Å². The van der Waals surface area contributed by atoms with E-state index in [2.05, 4.69) is 10.3 Å². The lowest BCUT2D eigenvalue weighted by Gasteiger charge is -2.05. The summed E-state index contributed by atoms with van der Waals surface area (Å²) < 4.78 is 5.32. The molecule has 0 spiro atoms. The molecule has 0 saturated carbocycles. The number of anilines is 1. The van der Waals surface area contributed by atoms with E-state index in [0.717, 1.165) is 11.4 Å². The van der Waals surface area contributed by atoms with Crippen molar-refractivity contribution in [1.29, 1.82) is 0 Å². The number of rotatable bonds is 4. The largest absolute Gasteiger partial charge is 0.494 e. The number of nitrogens with one attached hydrogen (secondary N) is 2. The first-order valence-corrected chi connectivity index (χ1v) is 5.80. The molecule has 2 N–H and O–H groups in total. The predicted octanol–water partition coefficient (Wildman–Crippen LogP) is 2.15. The molecule has 1 heterocycles. The van der Waals surface area contributed by atoms with Crippen molar-refractivity contribution in [3.05, 3.63) is 54.4 Å². The van der Waals surface area contributed by atoms with Gasteiger partial charge in [0, 0.05) is 17.7 Å². The number of hydrogen-bond acceptors (Lipinski definition) is 2. The molecule has 2 rings (SSSR count). The Kier molecular flexibility index (Phi) is 3.91. The van der Waals surface area contributed by atoms with Crippen LogP contribution in [0.2, 0.25) is 0 Å². The number of benzene rings is 1. The predicted molar refractivity (Wildman–Crippen MR) is 68.6 cm³/mol. The number of ether oxygens (including phenoxy) is 1. The summed E-state index contributed by atoms with van der Waals surface area (Å²) >= 11 is 0. The van der Waals surface area contributed by atoms with Gasteiger partial charge < -0.3 is 10.1 Å². The molecule has 92 valence electrons. The molecule has 4 nitrogen and oxygen atoms in total. The number of hydrogen-bond donors (Lipinski definition) is 1. The number of pyridine rings is 1. The summed E-state index contributed by atoms with van der Waals surface area (Å²) in [7, 11) is 0. The van der Waals surface area contributed by atoms with E-state index in [4.69, 9.17) is 4.74 Å². The standard InChI is InChI=1S/C14H14N2O2/c1-2-18-13-5-3-11(4-6-13)14(17)16-12-7-9-15-10-8-12/h3-10H,2H2,1H3,(H,15,16,17)/p+1. The molecule has 0 atom stereocenters. The van der Waals surface area contributed by atoms with Crippen LogP contribution in [0.5, 0.6) is 5.75 Å². The van der Waals surface area contributed by atoms with Crippen LogP contribution in [0.1, 0.15) is 17.3 Å². The topological polar surface area (TPSA) is 52.5 Å². The molecule has 0 aliphatic rings. The molecule has 0 fully saturated rings. The molecular weight excluding hydrogens is 228 g/mol. The number of aromatic nitrogens is 1. The van der Waals surface area contributed by atoms with Crippen LogP contribution in [0.25, 0.3) is 0 Å². The van der Waals surface area contributed by atoms with Gasteiger partial charge in [0.25, 0.3) is 5.91 Å². The second kappa shape index (κ2) is 5.82. The smallest absolute Gasteiger partial charge is 0.255 e. The van der Waals surface area contributed by atoms with Gasteiger partial charge in [0.1, 0.15) is 5.75 Å². The third-order valence-corrected chi connectivity index (χ3v) is 2.40. The van der Waals surface area contributed by atoms with E-state index in [0.29, 0.717) is 12.2 Å². The molecule has 4 heteroatoms.